The number of carbonyl (C=O) groups is 2. The largest absolute Gasteiger partial charge is 0.455 e. The zero-order chi connectivity index (χ0) is 26.6. The number of nitrogens with one attached hydrogen (secondary N) is 1. The molecule has 4 aromatic rings. The summed E-state index contributed by atoms with van der Waals surface area (Å²) in [7, 11) is 3.54. The van der Waals surface area contributed by atoms with Crippen LogP contribution in [0.15, 0.2) is 79.1 Å². The Hall–Kier alpha value is -4.14. The van der Waals surface area contributed by atoms with Crippen LogP contribution in [0.1, 0.15) is 32.0 Å². The third-order valence-electron chi connectivity index (χ3n) is 5.61. The standard InChI is InChI=1S/C10H12N2O2.C10H9N.C9H11NO2/c1-12-6-8(7-12)14-10(13)9-4-2-3-5-11-9;1-8-4-2-5-9-6-3-7-11-10(8)9;1-7-5-8(6-11)3-4-9(7)10-12-2/h2-5,8H,6-7H2,1H3;2-7H,1H3;3-6,10H,1-2H3. The number of anilines is 1. The summed E-state index contributed by atoms with van der Waals surface area (Å²) >= 11 is 0. The van der Waals surface area contributed by atoms with Crippen LogP contribution in [0.25, 0.3) is 10.9 Å². The maximum absolute atomic E-state index is 11.5. The fourth-order valence-corrected chi connectivity index (χ4v) is 3.65. The quantitative estimate of drug-likeness (QED) is 0.236. The number of nitrogens with zero attached hydrogens (tertiary/aromatic N) is 3. The Kier molecular flexibility index (Phi) is 10.3. The van der Waals surface area contributed by atoms with Gasteiger partial charge in [0.2, 0.25) is 0 Å². The third kappa shape index (κ3) is 8.20. The van der Waals surface area contributed by atoms with Crippen LogP contribution in [0, 0.1) is 13.8 Å². The first-order valence-electron chi connectivity index (χ1n) is 11.9. The maximum Gasteiger partial charge on any atom is 0.357 e. The lowest BCUT2D eigenvalue weighted by Gasteiger charge is -2.35. The van der Waals surface area contributed by atoms with Crippen LogP contribution in [0.4, 0.5) is 5.69 Å². The summed E-state index contributed by atoms with van der Waals surface area (Å²) in [6, 6.07) is 20.8. The van der Waals surface area contributed by atoms with Gasteiger partial charge in [-0.3, -0.25) is 25.0 Å². The summed E-state index contributed by atoms with van der Waals surface area (Å²) in [5.41, 5.74) is 7.97. The van der Waals surface area contributed by atoms with Gasteiger partial charge in [-0.05, 0) is 68.4 Å². The molecule has 0 atom stereocenters. The molecule has 8 nitrogen and oxygen atoms in total. The molecule has 1 fully saturated rings. The van der Waals surface area contributed by atoms with Crippen LogP contribution in [-0.2, 0) is 9.57 Å². The van der Waals surface area contributed by atoms with Crippen molar-refractivity contribution in [3.05, 3.63) is 102 Å². The van der Waals surface area contributed by atoms with Crippen molar-refractivity contribution in [3.63, 3.8) is 0 Å². The van der Waals surface area contributed by atoms with Gasteiger partial charge in [0.1, 0.15) is 18.1 Å². The Labute approximate surface area is 217 Å². The van der Waals surface area contributed by atoms with E-state index in [0.717, 1.165) is 36.1 Å². The number of aryl methyl sites for hydroxylation is 2. The molecule has 5 rings (SSSR count). The van der Waals surface area contributed by atoms with Crippen LogP contribution in [-0.4, -0.2) is 60.5 Å². The minimum Gasteiger partial charge on any atom is -0.455 e. The lowest BCUT2D eigenvalue weighted by molar-refractivity contribution is -0.0216. The molecule has 0 radical (unpaired) electrons. The lowest BCUT2D eigenvalue weighted by atomic mass is 10.1. The molecule has 2 aromatic carbocycles. The van der Waals surface area contributed by atoms with Gasteiger partial charge in [0.05, 0.1) is 18.3 Å². The summed E-state index contributed by atoms with van der Waals surface area (Å²) in [5.74, 6) is -0.330. The number of esters is 1. The van der Waals surface area contributed by atoms with Gasteiger partial charge >= 0.3 is 5.97 Å². The summed E-state index contributed by atoms with van der Waals surface area (Å²) in [6.45, 7) is 5.63. The second kappa shape index (κ2) is 13.8. The fraction of sp³-hybridized carbons (Fsp3) is 0.241. The van der Waals surface area contributed by atoms with Crippen LogP contribution < -0.4 is 5.48 Å². The Morgan fingerprint density at radius 2 is 1.73 bits per heavy atom. The predicted molar refractivity (Wildman–Crippen MR) is 145 cm³/mol. The van der Waals surface area contributed by atoms with Gasteiger partial charge in [0.15, 0.2) is 0 Å². The molecule has 2 aromatic heterocycles. The van der Waals surface area contributed by atoms with E-state index in [0.29, 0.717) is 11.3 Å². The Morgan fingerprint density at radius 3 is 2.35 bits per heavy atom. The number of benzene rings is 2. The second-order valence-corrected chi connectivity index (χ2v) is 8.61. The molecule has 0 saturated carbocycles. The van der Waals surface area contributed by atoms with Gasteiger partial charge < -0.3 is 4.74 Å². The molecule has 3 heterocycles. The van der Waals surface area contributed by atoms with Gasteiger partial charge in [-0.1, -0.05) is 30.3 Å². The number of carbonyl (C=O) groups excluding carboxylic acids is 2. The van der Waals surface area contributed by atoms with E-state index in [1.807, 2.05) is 32.3 Å². The SMILES string of the molecule is CN1CC(OC(=O)c2ccccn2)C1.CONc1ccc(C=O)cc1C.Cc1cccc2cccnc12. The average molecular weight is 501 g/mol. The van der Waals surface area contributed by atoms with E-state index in [2.05, 4.69) is 51.5 Å². The molecule has 0 amide bonds. The molecule has 1 saturated heterocycles. The Balaban J connectivity index is 0.000000155. The molecule has 0 unspecified atom stereocenters. The van der Waals surface area contributed by atoms with Crippen molar-refractivity contribution in [1.82, 2.24) is 14.9 Å². The van der Waals surface area contributed by atoms with Crippen LogP contribution >= 0.6 is 0 Å². The number of pyridine rings is 2. The van der Waals surface area contributed by atoms with E-state index in [9.17, 15) is 9.59 Å². The van der Waals surface area contributed by atoms with Gasteiger partial charge in [-0.2, -0.15) is 0 Å². The first-order valence-corrected chi connectivity index (χ1v) is 11.9. The molecule has 0 bridgehead atoms. The predicted octanol–water partition coefficient (Wildman–Crippen LogP) is 4.88. The Morgan fingerprint density at radius 1 is 0.973 bits per heavy atom. The van der Waals surface area contributed by atoms with Crippen molar-refractivity contribution in [3.8, 4) is 0 Å². The Bertz CT molecular complexity index is 1300. The van der Waals surface area contributed by atoms with E-state index >= 15 is 0 Å². The molecule has 1 aliphatic heterocycles. The van der Waals surface area contributed by atoms with Crippen molar-refractivity contribution in [1.29, 1.82) is 0 Å². The van der Waals surface area contributed by atoms with Crippen molar-refractivity contribution >= 4 is 28.8 Å². The number of hydrogen-bond donors (Lipinski definition) is 1. The number of aromatic nitrogens is 2. The highest BCUT2D eigenvalue weighted by atomic mass is 16.6. The molecule has 1 aliphatic rings. The summed E-state index contributed by atoms with van der Waals surface area (Å²) < 4.78 is 5.20. The van der Waals surface area contributed by atoms with E-state index in [1.165, 1.54) is 10.9 Å². The molecule has 192 valence electrons. The number of hydrogen-bond acceptors (Lipinski definition) is 8. The van der Waals surface area contributed by atoms with E-state index < -0.39 is 0 Å². The van der Waals surface area contributed by atoms with Crippen LogP contribution in [0.2, 0.25) is 0 Å². The van der Waals surface area contributed by atoms with Crippen molar-refractivity contribution < 1.29 is 19.2 Å². The monoisotopic (exact) mass is 500 g/mol. The smallest absolute Gasteiger partial charge is 0.357 e. The van der Waals surface area contributed by atoms with Gasteiger partial charge in [0.25, 0.3) is 0 Å². The molecule has 0 aliphatic carbocycles. The zero-order valence-corrected chi connectivity index (χ0v) is 21.5. The molecular weight excluding hydrogens is 468 g/mol. The number of aldehydes is 1. The summed E-state index contributed by atoms with van der Waals surface area (Å²) in [4.78, 5) is 36.9. The number of fused-ring (bicyclic) bond motifs is 1. The molecule has 8 heteroatoms. The minimum absolute atomic E-state index is 0.0366. The molecule has 37 heavy (non-hydrogen) atoms. The topological polar surface area (TPSA) is 93.6 Å². The molecule has 1 N–H and O–H groups in total. The zero-order valence-electron chi connectivity index (χ0n) is 21.5. The molecular formula is C29H32N4O4. The first-order chi connectivity index (χ1) is 17.9. The number of rotatable bonds is 5. The van der Waals surface area contributed by atoms with Crippen molar-refractivity contribution in [2.75, 3.05) is 32.7 Å². The highest BCUT2D eigenvalue weighted by molar-refractivity contribution is 5.87. The highest BCUT2D eigenvalue weighted by Crippen LogP contribution is 2.15. The maximum atomic E-state index is 11.5. The number of likely N-dealkylation sites (tertiary alicyclic amines) is 1. The van der Waals surface area contributed by atoms with Gasteiger partial charge in [-0.25, -0.2) is 9.78 Å². The van der Waals surface area contributed by atoms with Crippen molar-refractivity contribution in [2.45, 2.75) is 20.0 Å². The normalized spacial score (nSPS) is 12.8. The van der Waals surface area contributed by atoms with E-state index in [4.69, 9.17) is 9.57 Å². The van der Waals surface area contributed by atoms with Gasteiger partial charge in [0, 0.05) is 36.4 Å². The summed E-state index contributed by atoms with van der Waals surface area (Å²) in [6.07, 6.45) is 4.28. The van der Waals surface area contributed by atoms with E-state index in [1.54, 1.807) is 43.6 Å². The second-order valence-electron chi connectivity index (χ2n) is 8.61. The van der Waals surface area contributed by atoms with Crippen LogP contribution in [0.3, 0.4) is 0 Å². The summed E-state index contributed by atoms with van der Waals surface area (Å²) in [5, 5.41) is 1.22. The molecule has 0 spiro atoms. The van der Waals surface area contributed by atoms with Crippen LogP contribution in [0.5, 0.6) is 0 Å². The average Bonchev–Trinajstić information content (AvgIpc) is 2.90. The lowest BCUT2D eigenvalue weighted by Crippen LogP contribution is -2.50. The first kappa shape index (κ1) is 27.4. The minimum atomic E-state index is -0.330. The van der Waals surface area contributed by atoms with Gasteiger partial charge in [-0.15, -0.1) is 0 Å². The van der Waals surface area contributed by atoms with E-state index in [-0.39, 0.29) is 12.1 Å². The fourth-order valence-electron chi connectivity index (χ4n) is 3.65. The highest BCUT2D eigenvalue weighted by Gasteiger charge is 2.27. The van der Waals surface area contributed by atoms with Crippen molar-refractivity contribution in [2.24, 2.45) is 0 Å². The number of ether oxygens (including phenoxy) is 1. The number of likely N-dealkylation sites (N-methyl/N-ethyl adjacent to an activating group) is 1. The number of para-hydroxylation sites is 1. The third-order valence-corrected chi connectivity index (χ3v) is 5.61.